The number of anilines is 1. The summed E-state index contributed by atoms with van der Waals surface area (Å²) in [6.45, 7) is 12.6. The normalized spacial score (nSPS) is 20.4. The number of amides is 1. The van der Waals surface area contributed by atoms with Gasteiger partial charge >= 0.3 is 11.9 Å². The first-order valence-electron chi connectivity index (χ1n) is 11.6. The van der Waals surface area contributed by atoms with Crippen LogP contribution in [0.4, 0.5) is 5.95 Å². The monoisotopic (exact) mass is 500 g/mol. The predicted molar refractivity (Wildman–Crippen MR) is 135 cm³/mol. The molecule has 188 valence electrons. The van der Waals surface area contributed by atoms with E-state index in [0.717, 1.165) is 11.1 Å². The number of aromatic nitrogens is 2. The van der Waals surface area contributed by atoms with Crippen molar-refractivity contribution in [3.05, 3.63) is 35.5 Å². The first kappa shape index (κ1) is 25.1. The highest BCUT2D eigenvalue weighted by Crippen LogP contribution is 2.42. The summed E-state index contributed by atoms with van der Waals surface area (Å²) in [6, 6.07) is 6.86. The number of esters is 2. The minimum atomic E-state index is -0.664. The molecule has 0 spiro atoms. The van der Waals surface area contributed by atoms with Crippen molar-refractivity contribution < 1.29 is 23.9 Å². The van der Waals surface area contributed by atoms with Crippen molar-refractivity contribution in [1.29, 1.82) is 0 Å². The highest BCUT2D eigenvalue weighted by Gasteiger charge is 2.54. The first-order chi connectivity index (χ1) is 16.2. The van der Waals surface area contributed by atoms with Crippen molar-refractivity contribution in [2.75, 3.05) is 11.1 Å². The van der Waals surface area contributed by atoms with Gasteiger partial charge in [0.05, 0.1) is 11.0 Å². The molecule has 2 atom stereocenters. The maximum atomic E-state index is 13.2. The standard InChI is InChI=1S/C25H32N4O5S/c1-14-13-35-21-18(20(31)29(21)19(14)22(32)34-25(5,6)7)27-23-26-15-10-8-9-11-16(15)28(23)12-17(30)33-24(2,3)4/h8-11,18,21H,12-13H2,1-7H3,(H,26,27)/t18-,21?/m1/s1. The lowest BCUT2D eigenvalue weighted by Crippen LogP contribution is -2.68. The molecule has 10 heteroatoms. The second kappa shape index (κ2) is 8.89. The van der Waals surface area contributed by atoms with E-state index in [1.165, 1.54) is 4.90 Å². The maximum Gasteiger partial charge on any atom is 0.355 e. The highest BCUT2D eigenvalue weighted by atomic mass is 32.2. The quantitative estimate of drug-likeness (QED) is 0.490. The van der Waals surface area contributed by atoms with E-state index in [0.29, 0.717) is 22.9 Å². The number of carbonyl (C=O) groups excluding carboxylic acids is 3. The molecule has 3 heterocycles. The van der Waals surface area contributed by atoms with E-state index in [-0.39, 0.29) is 17.8 Å². The van der Waals surface area contributed by atoms with Gasteiger partial charge in [-0.15, -0.1) is 11.8 Å². The third-order valence-corrected chi connectivity index (χ3v) is 6.82. The van der Waals surface area contributed by atoms with E-state index >= 15 is 0 Å². The number of imidazole rings is 1. The Labute approximate surface area is 209 Å². The van der Waals surface area contributed by atoms with Gasteiger partial charge in [-0.1, -0.05) is 12.1 Å². The number of rotatable bonds is 5. The number of nitrogens with one attached hydrogen (secondary N) is 1. The summed E-state index contributed by atoms with van der Waals surface area (Å²) >= 11 is 1.57. The van der Waals surface area contributed by atoms with Gasteiger partial charge in [-0.3, -0.25) is 19.1 Å². The minimum Gasteiger partial charge on any atom is -0.459 e. The lowest BCUT2D eigenvalue weighted by atomic mass is 10.0. The van der Waals surface area contributed by atoms with Crippen LogP contribution in [0.5, 0.6) is 0 Å². The summed E-state index contributed by atoms with van der Waals surface area (Å²) in [7, 11) is 0. The predicted octanol–water partition coefficient (Wildman–Crippen LogP) is 3.69. The van der Waals surface area contributed by atoms with Gasteiger partial charge in [-0.05, 0) is 66.2 Å². The zero-order chi connectivity index (χ0) is 25.7. The van der Waals surface area contributed by atoms with Crippen LogP contribution in [0.2, 0.25) is 0 Å². The second-order valence-corrected chi connectivity index (χ2v) is 11.9. The molecule has 4 rings (SSSR count). The number of thioether (sulfide) groups is 1. The smallest absolute Gasteiger partial charge is 0.355 e. The molecule has 0 saturated carbocycles. The Balaban J connectivity index is 1.59. The van der Waals surface area contributed by atoms with Crippen LogP contribution < -0.4 is 5.32 Å². The molecule has 0 bridgehead atoms. The number of β-lactam (4-membered cyclic amide) rings is 1. The summed E-state index contributed by atoms with van der Waals surface area (Å²) in [5, 5.41) is 2.95. The number of para-hydroxylation sites is 2. The minimum absolute atomic E-state index is 0.0509. The van der Waals surface area contributed by atoms with Gasteiger partial charge in [0, 0.05) is 5.75 Å². The number of ether oxygens (including phenoxy) is 2. The van der Waals surface area contributed by atoms with Gasteiger partial charge < -0.3 is 14.8 Å². The third-order valence-electron chi connectivity index (χ3n) is 5.40. The largest absolute Gasteiger partial charge is 0.459 e. The Kier molecular flexibility index (Phi) is 6.37. The van der Waals surface area contributed by atoms with Gasteiger partial charge in [-0.2, -0.15) is 0 Å². The van der Waals surface area contributed by atoms with Crippen LogP contribution in [0.25, 0.3) is 11.0 Å². The molecule has 0 aliphatic carbocycles. The average Bonchev–Trinajstić information content (AvgIpc) is 3.06. The Hall–Kier alpha value is -3.01. The van der Waals surface area contributed by atoms with Crippen LogP contribution in [-0.2, 0) is 30.4 Å². The summed E-state index contributed by atoms with van der Waals surface area (Å²) in [4.78, 5) is 44.9. The van der Waals surface area contributed by atoms with Crippen LogP contribution in [-0.4, -0.2) is 60.7 Å². The number of hydrogen-bond acceptors (Lipinski definition) is 8. The molecule has 1 unspecified atom stereocenters. The maximum absolute atomic E-state index is 13.2. The molecule has 2 aromatic rings. The lowest BCUT2D eigenvalue weighted by molar-refractivity contribution is -0.157. The molecule has 1 aromatic carbocycles. The zero-order valence-corrected chi connectivity index (χ0v) is 22.0. The van der Waals surface area contributed by atoms with Crippen LogP contribution in [0, 0.1) is 0 Å². The van der Waals surface area contributed by atoms with Crippen molar-refractivity contribution in [2.45, 2.75) is 77.6 Å². The molecule has 1 amide bonds. The molecule has 9 nitrogen and oxygen atoms in total. The molecule has 1 saturated heterocycles. The Morgan fingerprint density at radius 3 is 2.43 bits per heavy atom. The van der Waals surface area contributed by atoms with E-state index in [2.05, 4.69) is 10.3 Å². The average molecular weight is 501 g/mol. The van der Waals surface area contributed by atoms with E-state index in [9.17, 15) is 14.4 Å². The zero-order valence-electron chi connectivity index (χ0n) is 21.2. The molecule has 2 aliphatic rings. The van der Waals surface area contributed by atoms with Crippen molar-refractivity contribution in [3.63, 3.8) is 0 Å². The third kappa shape index (κ3) is 5.17. The van der Waals surface area contributed by atoms with Gasteiger partial charge in [0.2, 0.25) is 5.95 Å². The van der Waals surface area contributed by atoms with Crippen LogP contribution in [0.3, 0.4) is 0 Å². The number of hydrogen-bond donors (Lipinski definition) is 1. The summed E-state index contributed by atoms with van der Waals surface area (Å²) in [6.07, 6.45) is 0. The first-order valence-corrected chi connectivity index (χ1v) is 12.6. The fourth-order valence-corrected chi connectivity index (χ4v) is 5.37. The van der Waals surface area contributed by atoms with Gasteiger partial charge in [0.1, 0.15) is 34.9 Å². The highest BCUT2D eigenvalue weighted by molar-refractivity contribution is 8.00. The van der Waals surface area contributed by atoms with E-state index in [1.807, 2.05) is 52.0 Å². The summed E-state index contributed by atoms with van der Waals surface area (Å²) in [5.41, 5.74) is 1.29. The van der Waals surface area contributed by atoms with Gasteiger partial charge in [0.15, 0.2) is 0 Å². The molecule has 1 aromatic heterocycles. The van der Waals surface area contributed by atoms with Crippen molar-refractivity contribution >= 4 is 46.6 Å². The SMILES string of the molecule is CC1=C(C(=O)OC(C)(C)C)N2C(=O)[C@@H](Nc3nc4ccccc4n3CC(=O)OC(C)(C)C)C2SC1. The number of carbonyl (C=O) groups is 3. The molecular weight excluding hydrogens is 468 g/mol. The fraction of sp³-hybridized carbons (Fsp3) is 0.520. The number of benzene rings is 1. The fourth-order valence-electron chi connectivity index (χ4n) is 4.08. The molecule has 1 fully saturated rings. The summed E-state index contributed by atoms with van der Waals surface area (Å²) in [5.74, 6) is -0.124. The summed E-state index contributed by atoms with van der Waals surface area (Å²) < 4.78 is 12.8. The Morgan fingerprint density at radius 1 is 1.11 bits per heavy atom. The molecule has 0 radical (unpaired) electrons. The van der Waals surface area contributed by atoms with Gasteiger partial charge in [-0.25, -0.2) is 9.78 Å². The van der Waals surface area contributed by atoms with E-state index in [1.54, 1.807) is 37.1 Å². The Bertz CT molecular complexity index is 1220. The van der Waals surface area contributed by atoms with E-state index < -0.39 is 29.2 Å². The van der Waals surface area contributed by atoms with Crippen molar-refractivity contribution in [1.82, 2.24) is 14.5 Å². The Morgan fingerprint density at radius 2 is 1.77 bits per heavy atom. The lowest BCUT2D eigenvalue weighted by Gasteiger charge is -2.49. The number of fused-ring (bicyclic) bond motifs is 2. The van der Waals surface area contributed by atoms with Crippen LogP contribution in [0.1, 0.15) is 48.5 Å². The second-order valence-electron chi connectivity index (χ2n) is 10.8. The molecular formula is C25H32N4O5S. The van der Waals surface area contributed by atoms with E-state index in [4.69, 9.17) is 9.47 Å². The molecule has 35 heavy (non-hydrogen) atoms. The van der Waals surface area contributed by atoms with Crippen molar-refractivity contribution in [2.24, 2.45) is 0 Å². The topological polar surface area (TPSA) is 103 Å². The van der Waals surface area contributed by atoms with Crippen LogP contribution in [0.15, 0.2) is 35.5 Å². The molecule has 2 aliphatic heterocycles. The van der Waals surface area contributed by atoms with Crippen molar-refractivity contribution in [3.8, 4) is 0 Å². The number of nitrogens with zero attached hydrogens (tertiary/aromatic N) is 3. The van der Waals surface area contributed by atoms with Crippen LogP contribution >= 0.6 is 11.8 Å². The van der Waals surface area contributed by atoms with Gasteiger partial charge in [0.25, 0.3) is 5.91 Å². The molecule has 1 N–H and O–H groups in total.